The molecule has 8 heteroatoms. The van der Waals surface area contributed by atoms with Crippen molar-refractivity contribution in [2.24, 2.45) is 0 Å². The molecule has 1 aliphatic heterocycles. The molecule has 35 heavy (non-hydrogen) atoms. The van der Waals surface area contributed by atoms with Gasteiger partial charge in [-0.2, -0.15) is 0 Å². The number of nitrogens with zero attached hydrogens (tertiary/aromatic N) is 1. The van der Waals surface area contributed by atoms with Crippen molar-refractivity contribution in [1.82, 2.24) is 10.2 Å². The van der Waals surface area contributed by atoms with Crippen LogP contribution in [0.3, 0.4) is 0 Å². The summed E-state index contributed by atoms with van der Waals surface area (Å²) in [6.45, 7) is 1.93. The Morgan fingerprint density at radius 3 is 2.31 bits per heavy atom. The average Bonchev–Trinajstić information content (AvgIpc) is 3.26. The van der Waals surface area contributed by atoms with Gasteiger partial charge in [-0.15, -0.1) is 0 Å². The van der Waals surface area contributed by atoms with Crippen molar-refractivity contribution in [1.29, 1.82) is 0 Å². The summed E-state index contributed by atoms with van der Waals surface area (Å²) in [5.41, 5.74) is 2.39. The number of anilines is 2. The SMILES string of the molecule is O=C(CNc1ccc(C(=O)NCc2ccco2)cc1)Nc1cccc(C(=O)N2CCCCCC2)c1. The molecule has 8 nitrogen and oxygen atoms in total. The number of furan rings is 1. The fourth-order valence-corrected chi connectivity index (χ4v) is 4.00. The molecule has 0 unspecified atom stereocenters. The maximum absolute atomic E-state index is 12.8. The number of benzene rings is 2. The van der Waals surface area contributed by atoms with Crippen molar-refractivity contribution < 1.29 is 18.8 Å². The van der Waals surface area contributed by atoms with E-state index >= 15 is 0 Å². The molecule has 1 fully saturated rings. The van der Waals surface area contributed by atoms with Gasteiger partial charge in [0.15, 0.2) is 0 Å². The molecule has 1 aromatic heterocycles. The lowest BCUT2D eigenvalue weighted by atomic mass is 10.1. The summed E-state index contributed by atoms with van der Waals surface area (Å²) in [4.78, 5) is 39.4. The first kappa shape index (κ1) is 24.1. The normalized spacial score (nSPS) is 13.5. The summed E-state index contributed by atoms with van der Waals surface area (Å²) in [7, 11) is 0. The van der Waals surface area contributed by atoms with Crippen molar-refractivity contribution in [3.8, 4) is 0 Å². The second-order valence-electron chi connectivity index (χ2n) is 8.53. The maximum Gasteiger partial charge on any atom is 0.253 e. The number of likely N-dealkylation sites (tertiary alicyclic amines) is 1. The van der Waals surface area contributed by atoms with E-state index in [0.29, 0.717) is 34.8 Å². The molecule has 3 N–H and O–H groups in total. The van der Waals surface area contributed by atoms with Gasteiger partial charge in [0.05, 0.1) is 19.4 Å². The molecule has 0 spiro atoms. The Morgan fingerprint density at radius 2 is 1.60 bits per heavy atom. The third-order valence-electron chi connectivity index (χ3n) is 5.89. The number of hydrogen-bond donors (Lipinski definition) is 3. The van der Waals surface area contributed by atoms with Gasteiger partial charge in [-0.1, -0.05) is 18.9 Å². The highest BCUT2D eigenvalue weighted by Gasteiger charge is 2.17. The van der Waals surface area contributed by atoms with Crippen molar-refractivity contribution in [3.63, 3.8) is 0 Å². The minimum absolute atomic E-state index is 0.00871. The number of hydrogen-bond acceptors (Lipinski definition) is 5. The minimum Gasteiger partial charge on any atom is -0.467 e. The van der Waals surface area contributed by atoms with Gasteiger partial charge in [-0.3, -0.25) is 14.4 Å². The van der Waals surface area contributed by atoms with Crippen LogP contribution in [0.5, 0.6) is 0 Å². The fraction of sp³-hybridized carbons (Fsp3) is 0.296. The first-order valence-corrected chi connectivity index (χ1v) is 11.9. The van der Waals surface area contributed by atoms with Crippen LogP contribution in [0.25, 0.3) is 0 Å². The standard InChI is InChI=1S/C27H30N4O4/c32-25(30-23-8-5-7-21(17-23)27(34)31-14-3-1-2-4-15-31)19-28-22-12-10-20(11-13-22)26(33)29-18-24-9-6-16-35-24/h5-13,16-17,28H,1-4,14-15,18-19H2,(H,29,33)(H,30,32). The zero-order valence-corrected chi connectivity index (χ0v) is 19.6. The number of carbonyl (C=O) groups is 3. The van der Waals surface area contributed by atoms with Crippen LogP contribution in [-0.4, -0.2) is 42.3 Å². The largest absolute Gasteiger partial charge is 0.467 e. The number of carbonyl (C=O) groups excluding carboxylic acids is 3. The highest BCUT2D eigenvalue weighted by molar-refractivity contribution is 5.98. The Morgan fingerprint density at radius 1 is 0.829 bits per heavy atom. The second kappa shape index (κ2) is 11.9. The zero-order valence-electron chi connectivity index (χ0n) is 19.6. The molecule has 0 bridgehead atoms. The molecular weight excluding hydrogens is 444 g/mol. The van der Waals surface area contributed by atoms with Crippen LogP contribution in [0.4, 0.5) is 11.4 Å². The molecule has 0 saturated carbocycles. The van der Waals surface area contributed by atoms with Crippen LogP contribution in [-0.2, 0) is 11.3 Å². The lowest BCUT2D eigenvalue weighted by molar-refractivity contribution is -0.114. The Kier molecular flexibility index (Phi) is 8.17. The van der Waals surface area contributed by atoms with E-state index in [1.807, 2.05) is 4.90 Å². The highest BCUT2D eigenvalue weighted by atomic mass is 16.3. The van der Waals surface area contributed by atoms with E-state index in [-0.39, 0.29) is 24.3 Å². The molecule has 3 amide bonds. The molecule has 2 aromatic carbocycles. The quantitative estimate of drug-likeness (QED) is 0.452. The zero-order chi connectivity index (χ0) is 24.5. The van der Waals surface area contributed by atoms with Gasteiger partial charge in [-0.05, 0) is 67.4 Å². The van der Waals surface area contributed by atoms with Crippen molar-refractivity contribution in [3.05, 3.63) is 83.8 Å². The molecular formula is C27H30N4O4. The maximum atomic E-state index is 12.8. The summed E-state index contributed by atoms with van der Waals surface area (Å²) >= 11 is 0. The smallest absolute Gasteiger partial charge is 0.253 e. The van der Waals surface area contributed by atoms with Crippen LogP contribution in [0.2, 0.25) is 0 Å². The van der Waals surface area contributed by atoms with E-state index in [2.05, 4.69) is 16.0 Å². The predicted octanol–water partition coefficient (Wildman–Crippen LogP) is 4.28. The highest BCUT2D eigenvalue weighted by Crippen LogP contribution is 2.17. The van der Waals surface area contributed by atoms with Crippen LogP contribution in [0.1, 0.15) is 52.2 Å². The topological polar surface area (TPSA) is 104 Å². The van der Waals surface area contributed by atoms with Gasteiger partial charge in [0, 0.05) is 35.6 Å². The lowest BCUT2D eigenvalue weighted by Crippen LogP contribution is -2.31. The van der Waals surface area contributed by atoms with Gasteiger partial charge in [0.1, 0.15) is 5.76 Å². The van der Waals surface area contributed by atoms with Crippen LogP contribution in [0.15, 0.2) is 71.3 Å². The molecule has 1 saturated heterocycles. The molecule has 1 aliphatic rings. The van der Waals surface area contributed by atoms with Crippen LogP contribution >= 0.6 is 0 Å². The van der Waals surface area contributed by atoms with Gasteiger partial charge in [0.25, 0.3) is 11.8 Å². The van der Waals surface area contributed by atoms with E-state index in [9.17, 15) is 14.4 Å². The third-order valence-corrected chi connectivity index (χ3v) is 5.89. The van der Waals surface area contributed by atoms with Crippen molar-refractivity contribution >= 4 is 29.1 Å². The predicted molar refractivity (Wildman–Crippen MR) is 134 cm³/mol. The molecule has 0 atom stereocenters. The van der Waals surface area contributed by atoms with Crippen molar-refractivity contribution in [2.75, 3.05) is 30.3 Å². The van der Waals surface area contributed by atoms with Crippen LogP contribution < -0.4 is 16.0 Å². The summed E-state index contributed by atoms with van der Waals surface area (Å²) < 4.78 is 5.20. The summed E-state index contributed by atoms with van der Waals surface area (Å²) in [5.74, 6) is 0.249. The molecule has 182 valence electrons. The third kappa shape index (κ3) is 6.96. The first-order chi connectivity index (χ1) is 17.1. The average molecular weight is 475 g/mol. The Labute approximate surface area is 204 Å². The van der Waals surface area contributed by atoms with Crippen molar-refractivity contribution in [2.45, 2.75) is 32.2 Å². The Bertz CT molecular complexity index is 1130. The summed E-state index contributed by atoms with van der Waals surface area (Å²) in [6, 6.07) is 17.5. The van der Waals surface area contributed by atoms with Gasteiger partial charge < -0.3 is 25.3 Å². The monoisotopic (exact) mass is 474 g/mol. The first-order valence-electron chi connectivity index (χ1n) is 11.9. The van der Waals surface area contributed by atoms with E-state index in [1.165, 1.54) is 0 Å². The Hall–Kier alpha value is -4.07. The minimum atomic E-state index is -0.232. The summed E-state index contributed by atoms with van der Waals surface area (Å²) in [5, 5.41) is 8.68. The molecule has 0 aliphatic carbocycles. The van der Waals surface area contributed by atoms with Gasteiger partial charge in [-0.25, -0.2) is 0 Å². The van der Waals surface area contributed by atoms with Gasteiger partial charge >= 0.3 is 0 Å². The lowest BCUT2D eigenvalue weighted by Gasteiger charge is -2.20. The molecule has 3 aromatic rings. The van der Waals surface area contributed by atoms with E-state index < -0.39 is 0 Å². The second-order valence-corrected chi connectivity index (χ2v) is 8.53. The van der Waals surface area contributed by atoms with E-state index in [1.54, 1.807) is 66.9 Å². The summed E-state index contributed by atoms with van der Waals surface area (Å²) in [6.07, 6.45) is 5.95. The molecule has 4 rings (SSSR count). The van der Waals surface area contributed by atoms with Crippen LogP contribution in [0, 0.1) is 0 Å². The number of nitrogens with one attached hydrogen (secondary N) is 3. The number of rotatable bonds is 8. The fourth-order valence-electron chi connectivity index (χ4n) is 4.00. The number of amides is 3. The van der Waals surface area contributed by atoms with E-state index in [0.717, 1.165) is 38.8 Å². The molecule has 0 radical (unpaired) electrons. The van der Waals surface area contributed by atoms with Gasteiger partial charge in [0.2, 0.25) is 5.91 Å². The Balaban J connectivity index is 1.25. The molecule has 2 heterocycles. The van der Waals surface area contributed by atoms with E-state index in [4.69, 9.17) is 4.42 Å².